The van der Waals surface area contributed by atoms with Crippen LogP contribution in [0.4, 0.5) is 35.1 Å². The van der Waals surface area contributed by atoms with E-state index >= 15 is 0 Å². The van der Waals surface area contributed by atoms with Crippen molar-refractivity contribution in [1.82, 2.24) is 16.0 Å². The molecule has 0 amide bonds. The molecule has 164 valence electrons. The Balaban J connectivity index is 1.77. The summed E-state index contributed by atoms with van der Waals surface area (Å²) in [6.07, 6.45) is -10.1. The minimum absolute atomic E-state index is 0.0252. The molecule has 0 aromatic rings. The zero-order chi connectivity index (χ0) is 20.7. The Labute approximate surface area is 158 Å². The van der Waals surface area contributed by atoms with Crippen LogP contribution in [0.15, 0.2) is 0 Å². The van der Waals surface area contributed by atoms with E-state index in [1.54, 1.807) is 0 Å². The maximum Gasteiger partial charge on any atom is 0.393 e. The van der Waals surface area contributed by atoms with Crippen LogP contribution < -0.4 is 16.0 Å². The summed E-state index contributed by atoms with van der Waals surface area (Å²) >= 11 is 0. The molecule has 4 unspecified atom stereocenters. The van der Waals surface area contributed by atoms with Crippen molar-refractivity contribution in [2.24, 2.45) is 23.7 Å². The van der Waals surface area contributed by atoms with Crippen LogP contribution in [-0.2, 0) is 0 Å². The van der Waals surface area contributed by atoms with Crippen molar-refractivity contribution in [3.63, 3.8) is 0 Å². The van der Waals surface area contributed by atoms with Crippen LogP contribution in [0.25, 0.3) is 0 Å². The molecule has 0 aromatic heterocycles. The summed E-state index contributed by atoms with van der Waals surface area (Å²) in [7, 11) is 0. The lowest BCUT2D eigenvalue weighted by molar-refractivity contribution is -0.211. The van der Waals surface area contributed by atoms with Gasteiger partial charge in [0, 0.05) is 18.5 Å². The summed E-state index contributed by atoms with van der Waals surface area (Å²) in [5.41, 5.74) is 0. The van der Waals surface area contributed by atoms with E-state index in [-0.39, 0.29) is 19.5 Å². The number of hydrogen-bond acceptors (Lipinski definition) is 3. The average Bonchev–Trinajstić information content (AvgIpc) is 2.59. The first kappa shape index (κ1) is 22.0. The van der Waals surface area contributed by atoms with Gasteiger partial charge in [-0.05, 0) is 50.7 Å². The van der Waals surface area contributed by atoms with Crippen LogP contribution in [-0.4, -0.2) is 56.5 Å². The fourth-order valence-corrected chi connectivity index (χ4v) is 5.09. The van der Waals surface area contributed by atoms with Gasteiger partial charge in [0.25, 0.3) is 5.92 Å². The highest BCUT2D eigenvalue weighted by atomic mass is 19.4. The van der Waals surface area contributed by atoms with Gasteiger partial charge in [-0.3, -0.25) is 0 Å². The smallest absolute Gasteiger partial charge is 0.313 e. The zero-order valence-electron chi connectivity index (χ0n) is 15.1. The standard InChI is InChI=1S/C17H25F8N3/c18-15(19)5-10(6-26-8-15)14-12(17(23,24)25)4-9(7-28-14)13-11(16(20,21)22)2-1-3-27-13/h9-14,26-28H,1-8H2/t9?,10?,11-,12-,13?,14?/m1/s1. The van der Waals surface area contributed by atoms with Gasteiger partial charge in [0.1, 0.15) is 0 Å². The number of rotatable bonds is 2. The number of alkyl halides is 8. The molecule has 6 atom stereocenters. The normalized spacial score (nSPS) is 40.3. The second-order valence-electron chi connectivity index (χ2n) is 8.30. The molecule has 0 aliphatic carbocycles. The van der Waals surface area contributed by atoms with Gasteiger partial charge in [-0.1, -0.05) is 0 Å². The van der Waals surface area contributed by atoms with Gasteiger partial charge in [-0.15, -0.1) is 0 Å². The van der Waals surface area contributed by atoms with Gasteiger partial charge in [-0.2, -0.15) is 26.3 Å². The first-order chi connectivity index (χ1) is 12.9. The van der Waals surface area contributed by atoms with Crippen molar-refractivity contribution < 1.29 is 35.1 Å². The maximum atomic E-state index is 13.7. The molecule has 3 aliphatic heterocycles. The van der Waals surface area contributed by atoms with Crippen molar-refractivity contribution in [1.29, 1.82) is 0 Å². The lowest BCUT2D eigenvalue weighted by Gasteiger charge is -2.48. The molecule has 3 saturated heterocycles. The van der Waals surface area contributed by atoms with E-state index in [4.69, 9.17) is 0 Å². The molecule has 28 heavy (non-hydrogen) atoms. The lowest BCUT2D eigenvalue weighted by Crippen LogP contribution is -2.63. The summed E-state index contributed by atoms with van der Waals surface area (Å²) in [6.45, 7) is -0.275. The Kier molecular flexibility index (Phi) is 6.18. The third kappa shape index (κ3) is 4.89. The van der Waals surface area contributed by atoms with Crippen molar-refractivity contribution in [3.05, 3.63) is 0 Å². The van der Waals surface area contributed by atoms with E-state index in [1.807, 2.05) is 0 Å². The maximum absolute atomic E-state index is 13.7. The molecular weight excluding hydrogens is 398 g/mol. The Hall–Kier alpha value is -0.680. The number of hydrogen-bond donors (Lipinski definition) is 3. The van der Waals surface area contributed by atoms with Crippen LogP contribution in [0.3, 0.4) is 0 Å². The molecule has 0 radical (unpaired) electrons. The Morgan fingerprint density at radius 3 is 2.04 bits per heavy atom. The van der Waals surface area contributed by atoms with Gasteiger partial charge in [0.05, 0.1) is 18.4 Å². The van der Waals surface area contributed by atoms with Gasteiger partial charge < -0.3 is 16.0 Å². The largest absolute Gasteiger partial charge is 0.393 e. The monoisotopic (exact) mass is 423 g/mol. The molecule has 0 aromatic carbocycles. The van der Waals surface area contributed by atoms with Gasteiger partial charge in [0.15, 0.2) is 0 Å². The van der Waals surface area contributed by atoms with Crippen LogP contribution in [0, 0.1) is 23.7 Å². The van der Waals surface area contributed by atoms with Crippen LogP contribution >= 0.6 is 0 Å². The molecule has 0 bridgehead atoms. The van der Waals surface area contributed by atoms with Crippen LogP contribution in [0.5, 0.6) is 0 Å². The van der Waals surface area contributed by atoms with Crippen LogP contribution in [0.1, 0.15) is 25.7 Å². The van der Waals surface area contributed by atoms with Gasteiger partial charge in [-0.25, -0.2) is 8.78 Å². The molecule has 11 heteroatoms. The average molecular weight is 423 g/mol. The highest BCUT2D eigenvalue weighted by Crippen LogP contribution is 2.45. The summed E-state index contributed by atoms with van der Waals surface area (Å²) in [4.78, 5) is 0. The van der Waals surface area contributed by atoms with E-state index in [0.29, 0.717) is 13.0 Å². The van der Waals surface area contributed by atoms with Crippen molar-refractivity contribution in [2.75, 3.05) is 26.2 Å². The fourth-order valence-electron chi connectivity index (χ4n) is 5.09. The summed E-state index contributed by atoms with van der Waals surface area (Å²) < 4.78 is 109. The van der Waals surface area contributed by atoms with Crippen LogP contribution in [0.2, 0.25) is 0 Å². The highest BCUT2D eigenvalue weighted by Gasteiger charge is 2.55. The predicted octanol–water partition coefficient (Wildman–Crippen LogP) is 3.32. The fraction of sp³-hybridized carbons (Fsp3) is 1.00. The second-order valence-corrected chi connectivity index (χ2v) is 8.30. The first-order valence-corrected chi connectivity index (χ1v) is 9.57. The SMILES string of the molecule is FC1(F)CNCC(C2NCC(C3NCCC[C@H]3C(F)(F)F)C[C@H]2C(F)(F)F)C1. The number of nitrogens with one attached hydrogen (secondary N) is 3. The molecule has 3 aliphatic rings. The predicted molar refractivity (Wildman–Crippen MR) is 85.9 cm³/mol. The molecule has 3 fully saturated rings. The quantitative estimate of drug-likeness (QED) is 0.597. The topological polar surface area (TPSA) is 36.1 Å². The van der Waals surface area contributed by atoms with E-state index in [9.17, 15) is 35.1 Å². The summed E-state index contributed by atoms with van der Waals surface area (Å²) in [5, 5.41) is 7.94. The van der Waals surface area contributed by atoms with E-state index < -0.39 is 73.4 Å². The van der Waals surface area contributed by atoms with Crippen molar-refractivity contribution in [3.8, 4) is 0 Å². The minimum atomic E-state index is -4.68. The molecule has 3 N–H and O–H groups in total. The first-order valence-electron chi connectivity index (χ1n) is 9.57. The molecular formula is C17H25F8N3. The molecule has 3 nitrogen and oxygen atoms in total. The number of piperidine rings is 3. The minimum Gasteiger partial charge on any atom is -0.313 e. The lowest BCUT2D eigenvalue weighted by atomic mass is 9.71. The van der Waals surface area contributed by atoms with E-state index in [0.717, 1.165) is 0 Å². The molecule has 0 saturated carbocycles. The molecule has 3 heterocycles. The van der Waals surface area contributed by atoms with Gasteiger partial charge >= 0.3 is 12.4 Å². The molecule has 0 spiro atoms. The Morgan fingerprint density at radius 2 is 1.43 bits per heavy atom. The van der Waals surface area contributed by atoms with Gasteiger partial charge in [0.2, 0.25) is 0 Å². The van der Waals surface area contributed by atoms with Crippen molar-refractivity contribution in [2.45, 2.75) is 56.0 Å². The second kappa shape index (κ2) is 7.86. The highest BCUT2D eigenvalue weighted by molar-refractivity contribution is 5.01. The zero-order valence-corrected chi connectivity index (χ0v) is 15.1. The molecule has 3 rings (SSSR count). The Morgan fingerprint density at radius 1 is 0.786 bits per heavy atom. The third-order valence-corrected chi connectivity index (χ3v) is 6.32. The van der Waals surface area contributed by atoms with E-state index in [1.165, 1.54) is 0 Å². The number of halogens is 8. The third-order valence-electron chi connectivity index (χ3n) is 6.32. The van der Waals surface area contributed by atoms with Crippen molar-refractivity contribution >= 4 is 0 Å². The Bertz CT molecular complexity index is 535. The summed E-state index contributed by atoms with van der Waals surface area (Å²) in [6, 6.07) is -2.33. The summed E-state index contributed by atoms with van der Waals surface area (Å²) in [5.74, 6) is -8.55. The van der Waals surface area contributed by atoms with E-state index in [2.05, 4.69) is 16.0 Å².